The summed E-state index contributed by atoms with van der Waals surface area (Å²) in [6, 6.07) is 7.98. The molecule has 21 heavy (non-hydrogen) atoms. The first-order valence-corrected chi connectivity index (χ1v) is 6.95. The van der Waals surface area contributed by atoms with E-state index < -0.39 is 5.54 Å². The molecule has 0 fully saturated rings. The van der Waals surface area contributed by atoms with Crippen molar-refractivity contribution in [3.8, 4) is 11.5 Å². The second-order valence-electron chi connectivity index (χ2n) is 5.74. The van der Waals surface area contributed by atoms with Gasteiger partial charge in [-0.2, -0.15) is 0 Å². The lowest BCUT2D eigenvalue weighted by molar-refractivity contribution is -0.125. The number of hydrogen-bond donors (Lipinski definition) is 2. The summed E-state index contributed by atoms with van der Waals surface area (Å²) in [6.45, 7) is 5.87. The molecule has 0 unspecified atom stereocenters. The molecule has 0 aliphatic heterocycles. The fourth-order valence-electron chi connectivity index (χ4n) is 1.78. The Morgan fingerprint density at radius 2 is 2.00 bits per heavy atom. The molecule has 0 saturated heterocycles. The zero-order valence-corrected chi connectivity index (χ0v) is 12.6. The van der Waals surface area contributed by atoms with Gasteiger partial charge in [0.15, 0.2) is 0 Å². The van der Waals surface area contributed by atoms with Crippen molar-refractivity contribution in [2.24, 2.45) is 5.73 Å². The van der Waals surface area contributed by atoms with Gasteiger partial charge in [-0.25, -0.2) is 4.98 Å². The van der Waals surface area contributed by atoms with E-state index in [-0.39, 0.29) is 5.91 Å². The van der Waals surface area contributed by atoms with Crippen molar-refractivity contribution in [1.29, 1.82) is 0 Å². The van der Waals surface area contributed by atoms with Gasteiger partial charge >= 0.3 is 0 Å². The third kappa shape index (κ3) is 4.16. The minimum Gasteiger partial charge on any atom is -0.444 e. The van der Waals surface area contributed by atoms with Gasteiger partial charge in [0.25, 0.3) is 0 Å². The monoisotopic (exact) mass is 287 g/mol. The number of oxazole rings is 1. The molecule has 1 aromatic heterocycles. The molecule has 0 saturated carbocycles. The predicted molar refractivity (Wildman–Crippen MR) is 81.7 cm³/mol. The minimum absolute atomic E-state index is 0.176. The van der Waals surface area contributed by atoms with E-state index in [0.717, 1.165) is 11.3 Å². The number of nitrogens with two attached hydrogens (primary N) is 1. The van der Waals surface area contributed by atoms with Crippen LogP contribution in [0.5, 0.6) is 0 Å². The van der Waals surface area contributed by atoms with E-state index in [4.69, 9.17) is 10.2 Å². The van der Waals surface area contributed by atoms with Gasteiger partial charge < -0.3 is 15.5 Å². The molecule has 0 aliphatic carbocycles. The standard InChI is InChI=1S/C16H21N3O2/c1-11-4-6-12(7-5-11)14-19-13(10-21-14)8-9-18-15(20)16(2,3)17/h4-7,10H,8-9,17H2,1-3H3,(H,18,20). The molecule has 0 bridgehead atoms. The van der Waals surface area contributed by atoms with Crippen LogP contribution in [-0.4, -0.2) is 23.0 Å². The molecule has 0 spiro atoms. The number of aryl methyl sites for hydroxylation is 1. The number of hydrogen-bond acceptors (Lipinski definition) is 4. The molecule has 0 atom stereocenters. The van der Waals surface area contributed by atoms with Crippen LogP contribution >= 0.6 is 0 Å². The van der Waals surface area contributed by atoms with Crippen LogP contribution in [0.25, 0.3) is 11.5 Å². The molecule has 0 radical (unpaired) electrons. The average Bonchev–Trinajstić information content (AvgIpc) is 2.87. The van der Waals surface area contributed by atoms with Crippen LogP contribution in [0, 0.1) is 6.92 Å². The average molecular weight is 287 g/mol. The van der Waals surface area contributed by atoms with E-state index >= 15 is 0 Å². The lowest BCUT2D eigenvalue weighted by atomic mass is 10.1. The Hall–Kier alpha value is -2.14. The van der Waals surface area contributed by atoms with E-state index in [1.165, 1.54) is 5.56 Å². The molecule has 5 heteroatoms. The van der Waals surface area contributed by atoms with Crippen LogP contribution in [0.15, 0.2) is 34.9 Å². The summed E-state index contributed by atoms with van der Waals surface area (Å²) in [5, 5.41) is 2.78. The molecule has 3 N–H and O–H groups in total. The van der Waals surface area contributed by atoms with E-state index in [1.54, 1.807) is 20.1 Å². The van der Waals surface area contributed by atoms with E-state index in [0.29, 0.717) is 18.9 Å². The summed E-state index contributed by atoms with van der Waals surface area (Å²) in [7, 11) is 0. The summed E-state index contributed by atoms with van der Waals surface area (Å²) in [6.07, 6.45) is 2.23. The Balaban J connectivity index is 1.92. The lowest BCUT2D eigenvalue weighted by Crippen LogP contribution is -2.49. The Kier molecular flexibility index (Phi) is 4.43. The Bertz CT molecular complexity index is 609. The summed E-state index contributed by atoms with van der Waals surface area (Å²) in [5.41, 5.74) is 7.78. The highest BCUT2D eigenvalue weighted by Crippen LogP contribution is 2.19. The number of nitrogens with one attached hydrogen (secondary N) is 1. The number of carbonyl (C=O) groups excluding carboxylic acids is 1. The van der Waals surface area contributed by atoms with E-state index in [1.807, 2.05) is 31.2 Å². The number of carbonyl (C=O) groups is 1. The minimum atomic E-state index is -0.864. The quantitative estimate of drug-likeness (QED) is 0.882. The number of amides is 1. The van der Waals surface area contributed by atoms with Gasteiger partial charge in [0.1, 0.15) is 6.26 Å². The third-order valence-corrected chi connectivity index (χ3v) is 3.10. The van der Waals surface area contributed by atoms with Crippen LogP contribution in [0.1, 0.15) is 25.1 Å². The highest BCUT2D eigenvalue weighted by atomic mass is 16.3. The topological polar surface area (TPSA) is 81.2 Å². The van der Waals surface area contributed by atoms with Gasteiger partial charge in [-0.3, -0.25) is 4.79 Å². The molecule has 1 aromatic carbocycles. The Labute approximate surface area is 124 Å². The summed E-state index contributed by atoms with van der Waals surface area (Å²) in [4.78, 5) is 16.1. The van der Waals surface area contributed by atoms with Crippen molar-refractivity contribution in [3.05, 3.63) is 41.8 Å². The van der Waals surface area contributed by atoms with Crippen LogP contribution < -0.4 is 11.1 Å². The van der Waals surface area contributed by atoms with Crippen LogP contribution in [0.3, 0.4) is 0 Å². The normalized spacial score (nSPS) is 11.4. The van der Waals surface area contributed by atoms with Gasteiger partial charge in [-0.1, -0.05) is 17.7 Å². The first kappa shape index (κ1) is 15.3. The van der Waals surface area contributed by atoms with Crippen LogP contribution in [0.4, 0.5) is 0 Å². The molecular weight excluding hydrogens is 266 g/mol. The maximum atomic E-state index is 11.6. The maximum Gasteiger partial charge on any atom is 0.239 e. The highest BCUT2D eigenvalue weighted by Gasteiger charge is 2.21. The second kappa shape index (κ2) is 6.10. The fourth-order valence-corrected chi connectivity index (χ4v) is 1.78. The van der Waals surface area contributed by atoms with Gasteiger partial charge in [0.2, 0.25) is 11.8 Å². The number of nitrogens with zero attached hydrogens (tertiary/aromatic N) is 1. The smallest absolute Gasteiger partial charge is 0.239 e. The molecule has 1 heterocycles. The van der Waals surface area contributed by atoms with E-state index in [2.05, 4.69) is 10.3 Å². The molecule has 0 aliphatic rings. The van der Waals surface area contributed by atoms with Crippen molar-refractivity contribution in [2.45, 2.75) is 32.7 Å². The van der Waals surface area contributed by atoms with Gasteiger partial charge in [-0.05, 0) is 32.9 Å². The second-order valence-corrected chi connectivity index (χ2v) is 5.74. The van der Waals surface area contributed by atoms with Crippen molar-refractivity contribution in [3.63, 3.8) is 0 Å². The number of aromatic nitrogens is 1. The molecule has 2 rings (SSSR count). The third-order valence-electron chi connectivity index (χ3n) is 3.10. The first-order valence-electron chi connectivity index (χ1n) is 6.95. The van der Waals surface area contributed by atoms with Crippen LogP contribution in [-0.2, 0) is 11.2 Å². The zero-order chi connectivity index (χ0) is 15.5. The van der Waals surface area contributed by atoms with Crippen molar-refractivity contribution in [1.82, 2.24) is 10.3 Å². The van der Waals surface area contributed by atoms with Crippen LogP contribution in [0.2, 0.25) is 0 Å². The van der Waals surface area contributed by atoms with Gasteiger partial charge in [-0.15, -0.1) is 0 Å². The largest absolute Gasteiger partial charge is 0.444 e. The zero-order valence-electron chi connectivity index (χ0n) is 12.6. The van der Waals surface area contributed by atoms with E-state index in [9.17, 15) is 4.79 Å². The van der Waals surface area contributed by atoms with Gasteiger partial charge in [0.05, 0.1) is 11.2 Å². The summed E-state index contributed by atoms with van der Waals surface area (Å²) in [5.74, 6) is 0.417. The van der Waals surface area contributed by atoms with Gasteiger partial charge in [0, 0.05) is 18.5 Å². The summed E-state index contributed by atoms with van der Waals surface area (Å²) >= 11 is 0. The first-order chi connectivity index (χ1) is 9.86. The SMILES string of the molecule is Cc1ccc(-c2nc(CCNC(=O)C(C)(C)N)co2)cc1. The summed E-state index contributed by atoms with van der Waals surface area (Å²) < 4.78 is 5.47. The molecule has 5 nitrogen and oxygen atoms in total. The Morgan fingerprint density at radius 1 is 1.33 bits per heavy atom. The highest BCUT2D eigenvalue weighted by molar-refractivity contribution is 5.84. The Morgan fingerprint density at radius 3 is 2.62 bits per heavy atom. The fraction of sp³-hybridized carbons (Fsp3) is 0.375. The van der Waals surface area contributed by atoms with Crippen molar-refractivity contribution >= 4 is 5.91 Å². The molecule has 112 valence electrons. The van der Waals surface area contributed by atoms with Crippen molar-refractivity contribution in [2.75, 3.05) is 6.54 Å². The molecule has 1 amide bonds. The lowest BCUT2D eigenvalue weighted by Gasteiger charge is -2.17. The predicted octanol–water partition coefficient (Wildman–Crippen LogP) is 2.05. The number of rotatable bonds is 5. The molecular formula is C16H21N3O2. The number of benzene rings is 1. The van der Waals surface area contributed by atoms with Crippen molar-refractivity contribution < 1.29 is 9.21 Å². The molecule has 2 aromatic rings. The maximum absolute atomic E-state index is 11.6.